The molecule has 0 aliphatic carbocycles. The van der Waals surface area contributed by atoms with Crippen LogP contribution in [0.15, 0.2) is 47.8 Å². The van der Waals surface area contributed by atoms with Crippen LogP contribution in [0.1, 0.15) is 16.5 Å². The third-order valence-corrected chi connectivity index (χ3v) is 6.13. The number of amides is 2. The summed E-state index contributed by atoms with van der Waals surface area (Å²) in [6, 6.07) is 15.1. The second-order valence-electron chi connectivity index (χ2n) is 7.25. The van der Waals surface area contributed by atoms with E-state index in [9.17, 15) is 4.79 Å². The number of thiophene rings is 1. The Kier molecular flexibility index (Phi) is 7.26. The molecular weight excluding hydrogens is 356 g/mol. The standard InChI is InChI=1S/C21H30N4OS/c1-23(2)19(20-9-6-16-27-20)17-22-21(26)25-14-12-24(13-15-25)11-10-18-7-4-3-5-8-18/h3-9,16,19H,10-15,17H2,1-2H3,(H,22,26). The molecule has 0 bridgehead atoms. The number of likely N-dealkylation sites (N-methyl/N-ethyl adjacent to an activating group) is 1. The molecule has 146 valence electrons. The normalized spacial score (nSPS) is 16.5. The van der Waals surface area contributed by atoms with Crippen molar-refractivity contribution in [2.45, 2.75) is 12.5 Å². The van der Waals surface area contributed by atoms with E-state index in [4.69, 9.17) is 0 Å². The fraction of sp³-hybridized carbons (Fsp3) is 0.476. The van der Waals surface area contributed by atoms with E-state index in [0.717, 1.165) is 39.1 Å². The number of hydrogen-bond donors (Lipinski definition) is 1. The van der Waals surface area contributed by atoms with Crippen LogP contribution in [0.4, 0.5) is 4.79 Å². The molecule has 1 aromatic heterocycles. The summed E-state index contributed by atoms with van der Waals surface area (Å²) in [7, 11) is 4.12. The number of urea groups is 1. The van der Waals surface area contributed by atoms with E-state index >= 15 is 0 Å². The Morgan fingerprint density at radius 3 is 2.48 bits per heavy atom. The van der Waals surface area contributed by atoms with E-state index < -0.39 is 0 Å². The minimum absolute atomic E-state index is 0.0566. The van der Waals surface area contributed by atoms with Crippen LogP contribution in [0.5, 0.6) is 0 Å². The van der Waals surface area contributed by atoms with Gasteiger partial charge in [0.25, 0.3) is 0 Å². The van der Waals surface area contributed by atoms with Crippen molar-refractivity contribution in [2.75, 3.05) is 53.4 Å². The predicted octanol–water partition coefficient (Wildman–Crippen LogP) is 2.92. The molecule has 1 N–H and O–H groups in total. The van der Waals surface area contributed by atoms with Crippen molar-refractivity contribution in [1.82, 2.24) is 20.0 Å². The Labute approximate surface area is 166 Å². The summed E-state index contributed by atoms with van der Waals surface area (Å²) < 4.78 is 0. The molecule has 5 nitrogen and oxygen atoms in total. The summed E-state index contributed by atoms with van der Waals surface area (Å²) in [5, 5.41) is 5.21. The maximum absolute atomic E-state index is 12.6. The maximum Gasteiger partial charge on any atom is 0.317 e. The van der Waals surface area contributed by atoms with Crippen molar-refractivity contribution >= 4 is 17.4 Å². The highest BCUT2D eigenvalue weighted by Crippen LogP contribution is 2.22. The lowest BCUT2D eigenvalue weighted by Crippen LogP contribution is -2.52. The summed E-state index contributed by atoms with van der Waals surface area (Å²) >= 11 is 1.74. The zero-order valence-electron chi connectivity index (χ0n) is 16.3. The average molecular weight is 387 g/mol. The van der Waals surface area contributed by atoms with Gasteiger partial charge in [-0.3, -0.25) is 4.90 Å². The molecule has 3 rings (SSSR count). The van der Waals surface area contributed by atoms with E-state index in [0.29, 0.717) is 6.54 Å². The van der Waals surface area contributed by atoms with Crippen LogP contribution >= 0.6 is 11.3 Å². The predicted molar refractivity (Wildman–Crippen MR) is 112 cm³/mol. The first kappa shape index (κ1) is 19.9. The largest absolute Gasteiger partial charge is 0.336 e. The van der Waals surface area contributed by atoms with E-state index in [1.807, 2.05) is 4.90 Å². The molecule has 1 unspecified atom stereocenters. The van der Waals surface area contributed by atoms with Crippen molar-refractivity contribution in [2.24, 2.45) is 0 Å². The van der Waals surface area contributed by atoms with Gasteiger partial charge in [-0.2, -0.15) is 0 Å². The van der Waals surface area contributed by atoms with Gasteiger partial charge in [-0.25, -0.2) is 4.79 Å². The monoisotopic (exact) mass is 386 g/mol. The smallest absolute Gasteiger partial charge is 0.317 e. The van der Waals surface area contributed by atoms with E-state index in [1.54, 1.807) is 11.3 Å². The summed E-state index contributed by atoms with van der Waals surface area (Å²) in [4.78, 5) is 20.4. The topological polar surface area (TPSA) is 38.8 Å². The van der Waals surface area contributed by atoms with Gasteiger partial charge in [0, 0.05) is 44.1 Å². The number of rotatable bonds is 7. The van der Waals surface area contributed by atoms with Crippen molar-refractivity contribution in [3.8, 4) is 0 Å². The van der Waals surface area contributed by atoms with Gasteiger partial charge < -0.3 is 15.1 Å². The second-order valence-corrected chi connectivity index (χ2v) is 8.22. The first-order valence-electron chi connectivity index (χ1n) is 9.62. The lowest BCUT2D eigenvalue weighted by Gasteiger charge is -2.35. The molecule has 0 saturated carbocycles. The lowest BCUT2D eigenvalue weighted by atomic mass is 10.1. The van der Waals surface area contributed by atoms with Crippen LogP contribution in [-0.4, -0.2) is 74.1 Å². The van der Waals surface area contributed by atoms with Gasteiger partial charge in [0.05, 0.1) is 6.04 Å². The van der Waals surface area contributed by atoms with E-state index in [1.165, 1.54) is 10.4 Å². The zero-order valence-corrected chi connectivity index (χ0v) is 17.1. The highest BCUT2D eigenvalue weighted by atomic mass is 32.1. The quantitative estimate of drug-likeness (QED) is 0.795. The first-order valence-corrected chi connectivity index (χ1v) is 10.5. The molecule has 27 heavy (non-hydrogen) atoms. The number of carbonyl (C=O) groups excluding carboxylic acids is 1. The minimum atomic E-state index is 0.0566. The van der Waals surface area contributed by atoms with Gasteiger partial charge in [-0.15, -0.1) is 11.3 Å². The van der Waals surface area contributed by atoms with Crippen molar-refractivity contribution < 1.29 is 4.79 Å². The molecule has 0 spiro atoms. The molecular formula is C21H30N4OS. The molecule has 6 heteroatoms. The Balaban J connectivity index is 1.40. The van der Waals surface area contributed by atoms with Crippen LogP contribution in [0.3, 0.4) is 0 Å². The third kappa shape index (κ3) is 5.79. The Morgan fingerprint density at radius 1 is 1.11 bits per heavy atom. The van der Waals surface area contributed by atoms with Gasteiger partial charge >= 0.3 is 6.03 Å². The number of nitrogens with one attached hydrogen (secondary N) is 1. The van der Waals surface area contributed by atoms with Crippen LogP contribution < -0.4 is 5.32 Å². The molecule has 1 aliphatic heterocycles. The Bertz CT molecular complexity index is 681. The number of hydrogen-bond acceptors (Lipinski definition) is 4. The zero-order chi connectivity index (χ0) is 19.1. The van der Waals surface area contributed by atoms with Crippen LogP contribution in [0.25, 0.3) is 0 Å². The molecule has 1 fully saturated rings. The van der Waals surface area contributed by atoms with E-state index in [-0.39, 0.29) is 12.1 Å². The average Bonchev–Trinajstić information content (AvgIpc) is 3.22. The van der Waals surface area contributed by atoms with Crippen LogP contribution in [-0.2, 0) is 6.42 Å². The van der Waals surface area contributed by atoms with E-state index in [2.05, 4.69) is 77.1 Å². The molecule has 2 aromatic rings. The highest BCUT2D eigenvalue weighted by molar-refractivity contribution is 7.10. The molecule has 1 saturated heterocycles. The highest BCUT2D eigenvalue weighted by Gasteiger charge is 2.22. The summed E-state index contributed by atoms with van der Waals surface area (Å²) in [6.45, 7) is 5.18. The van der Waals surface area contributed by atoms with Crippen LogP contribution in [0, 0.1) is 0 Å². The first-order chi connectivity index (χ1) is 13.1. The summed E-state index contributed by atoms with van der Waals surface area (Å²) in [6.07, 6.45) is 1.07. The molecule has 2 amide bonds. The molecule has 1 atom stereocenters. The molecule has 0 radical (unpaired) electrons. The van der Waals surface area contributed by atoms with Gasteiger partial charge in [-0.1, -0.05) is 36.4 Å². The van der Waals surface area contributed by atoms with Gasteiger partial charge in [0.2, 0.25) is 0 Å². The van der Waals surface area contributed by atoms with Crippen molar-refractivity contribution in [3.05, 3.63) is 58.3 Å². The Hall–Kier alpha value is -1.89. The lowest BCUT2D eigenvalue weighted by molar-refractivity contribution is 0.138. The van der Waals surface area contributed by atoms with Crippen molar-refractivity contribution in [1.29, 1.82) is 0 Å². The second kappa shape index (κ2) is 9.88. The number of benzene rings is 1. The number of nitrogens with zero attached hydrogens (tertiary/aromatic N) is 3. The van der Waals surface area contributed by atoms with Gasteiger partial charge in [-0.05, 0) is 37.5 Å². The van der Waals surface area contributed by atoms with Crippen LogP contribution in [0.2, 0.25) is 0 Å². The number of piperazine rings is 1. The van der Waals surface area contributed by atoms with Crippen molar-refractivity contribution in [3.63, 3.8) is 0 Å². The molecule has 2 heterocycles. The van der Waals surface area contributed by atoms with Gasteiger partial charge in [0.1, 0.15) is 0 Å². The SMILES string of the molecule is CN(C)C(CNC(=O)N1CCN(CCc2ccccc2)CC1)c1cccs1. The number of carbonyl (C=O) groups is 1. The minimum Gasteiger partial charge on any atom is -0.336 e. The summed E-state index contributed by atoms with van der Waals surface area (Å²) in [5.41, 5.74) is 1.38. The van der Waals surface area contributed by atoms with Gasteiger partial charge in [0.15, 0.2) is 0 Å². The molecule has 1 aliphatic rings. The third-order valence-electron chi connectivity index (χ3n) is 5.16. The Morgan fingerprint density at radius 2 is 1.85 bits per heavy atom. The maximum atomic E-state index is 12.6. The molecule has 1 aromatic carbocycles. The summed E-state index contributed by atoms with van der Waals surface area (Å²) in [5.74, 6) is 0. The fourth-order valence-corrected chi connectivity index (χ4v) is 4.34. The fourth-order valence-electron chi connectivity index (χ4n) is 3.42.